The molecule has 0 unspecified atom stereocenters. The average molecular weight is 493 g/mol. The van der Waals surface area contributed by atoms with Crippen molar-refractivity contribution >= 4 is 28.1 Å². The Kier molecular flexibility index (Phi) is 7.37. The molecule has 8 heteroatoms. The van der Waals surface area contributed by atoms with Crippen LogP contribution in [0.1, 0.15) is 56.7 Å². The summed E-state index contributed by atoms with van der Waals surface area (Å²) in [7, 11) is 0. The molecule has 35 heavy (non-hydrogen) atoms. The number of amides is 1. The lowest BCUT2D eigenvalue weighted by molar-refractivity contribution is -0.126. The van der Waals surface area contributed by atoms with Gasteiger partial charge in [-0.3, -0.25) is 9.36 Å². The van der Waals surface area contributed by atoms with Crippen LogP contribution in [0.3, 0.4) is 0 Å². The molecule has 1 saturated heterocycles. The fourth-order valence-corrected chi connectivity index (χ4v) is 6.12. The molecule has 2 fully saturated rings. The molecule has 3 heterocycles. The smallest absolute Gasteiger partial charge is 0.223 e. The van der Waals surface area contributed by atoms with Crippen LogP contribution in [-0.4, -0.2) is 39.8 Å². The maximum atomic E-state index is 12.9. The van der Waals surface area contributed by atoms with E-state index in [9.17, 15) is 4.79 Å². The van der Waals surface area contributed by atoms with E-state index in [-0.39, 0.29) is 11.8 Å². The van der Waals surface area contributed by atoms with Gasteiger partial charge in [0.05, 0.1) is 6.54 Å². The van der Waals surface area contributed by atoms with Gasteiger partial charge >= 0.3 is 0 Å². The quantitative estimate of drug-likeness (QED) is 0.476. The lowest BCUT2D eigenvalue weighted by Gasteiger charge is -2.34. The van der Waals surface area contributed by atoms with E-state index in [0.717, 1.165) is 54.0 Å². The first kappa shape index (κ1) is 23.9. The first-order valence-corrected chi connectivity index (χ1v) is 13.7. The van der Waals surface area contributed by atoms with Crippen molar-refractivity contribution in [3.05, 3.63) is 53.9 Å². The van der Waals surface area contributed by atoms with Crippen molar-refractivity contribution in [3.63, 3.8) is 0 Å². The van der Waals surface area contributed by atoms with E-state index in [2.05, 4.69) is 74.5 Å². The van der Waals surface area contributed by atoms with Crippen LogP contribution in [-0.2, 0) is 11.3 Å². The number of carbonyl (C=O) groups excluding carboxylic acids is 1. The molecule has 2 N–H and O–H groups in total. The zero-order chi connectivity index (χ0) is 24.2. The molecule has 0 bridgehead atoms. The minimum atomic E-state index is 0.108. The van der Waals surface area contributed by atoms with Gasteiger partial charge in [0.2, 0.25) is 16.2 Å². The number of nitrogens with one attached hydrogen (secondary N) is 2. The predicted octanol–water partition coefficient (Wildman–Crippen LogP) is 5.16. The molecule has 1 amide bonds. The van der Waals surface area contributed by atoms with Crippen LogP contribution in [0.5, 0.6) is 0 Å². The van der Waals surface area contributed by atoms with Gasteiger partial charge in [-0.25, -0.2) is 0 Å². The van der Waals surface area contributed by atoms with Gasteiger partial charge < -0.3 is 15.5 Å². The van der Waals surface area contributed by atoms with E-state index >= 15 is 0 Å². The third-order valence-corrected chi connectivity index (χ3v) is 8.53. The fourth-order valence-electron chi connectivity index (χ4n) is 5.21. The summed E-state index contributed by atoms with van der Waals surface area (Å²) in [6, 6.07) is 12.9. The lowest BCUT2D eigenvalue weighted by atomic mass is 9.85. The molecular formula is C27H36N6OS. The van der Waals surface area contributed by atoms with E-state index in [1.807, 2.05) is 12.3 Å². The minimum Gasteiger partial charge on any atom is -0.379 e. The summed E-state index contributed by atoms with van der Waals surface area (Å²) in [5, 5.41) is 17.6. The summed E-state index contributed by atoms with van der Waals surface area (Å²) < 4.78 is 2.11. The van der Waals surface area contributed by atoms with E-state index in [1.54, 1.807) is 11.3 Å². The number of nitrogens with zero attached hydrogens (tertiary/aromatic N) is 4. The second-order valence-corrected chi connectivity index (χ2v) is 11.0. The Balaban J connectivity index is 1.15. The third kappa shape index (κ3) is 5.69. The first-order chi connectivity index (χ1) is 17.1. The normalized spacial score (nSPS) is 21.1. The van der Waals surface area contributed by atoms with Crippen molar-refractivity contribution in [2.45, 2.75) is 65.0 Å². The molecule has 0 spiro atoms. The number of rotatable bonds is 7. The fraction of sp³-hybridized carbons (Fsp3) is 0.519. The largest absolute Gasteiger partial charge is 0.379 e. The Morgan fingerprint density at radius 1 is 1.03 bits per heavy atom. The van der Waals surface area contributed by atoms with E-state index < -0.39 is 0 Å². The van der Waals surface area contributed by atoms with Crippen LogP contribution in [0.2, 0.25) is 0 Å². The highest BCUT2D eigenvalue weighted by Gasteiger charge is 2.30. The summed E-state index contributed by atoms with van der Waals surface area (Å²) in [4.78, 5) is 15.1. The van der Waals surface area contributed by atoms with Crippen LogP contribution in [0.25, 0.3) is 5.13 Å². The predicted molar refractivity (Wildman–Crippen MR) is 142 cm³/mol. The molecule has 186 valence electrons. The maximum absolute atomic E-state index is 12.9. The summed E-state index contributed by atoms with van der Waals surface area (Å²) in [6.07, 6.45) is 8.67. The second kappa shape index (κ2) is 10.8. The van der Waals surface area contributed by atoms with E-state index in [0.29, 0.717) is 18.5 Å². The van der Waals surface area contributed by atoms with Crippen LogP contribution in [0.15, 0.2) is 42.6 Å². The van der Waals surface area contributed by atoms with Gasteiger partial charge in [-0.1, -0.05) is 48.8 Å². The molecule has 2 aromatic heterocycles. The Morgan fingerprint density at radius 3 is 2.54 bits per heavy atom. The number of hydrogen-bond acceptors (Lipinski definition) is 6. The molecule has 1 aliphatic heterocycles. The summed E-state index contributed by atoms with van der Waals surface area (Å²) in [6.45, 7) is 6.78. The van der Waals surface area contributed by atoms with Gasteiger partial charge in [0.1, 0.15) is 0 Å². The van der Waals surface area contributed by atoms with Crippen molar-refractivity contribution in [1.82, 2.24) is 20.1 Å². The maximum Gasteiger partial charge on any atom is 0.223 e. The van der Waals surface area contributed by atoms with Gasteiger partial charge in [0.15, 0.2) is 0 Å². The van der Waals surface area contributed by atoms with E-state index in [4.69, 9.17) is 0 Å². The van der Waals surface area contributed by atoms with Gasteiger partial charge in [-0.15, -0.1) is 10.2 Å². The Labute approximate surface area is 211 Å². The molecule has 1 saturated carbocycles. The molecule has 1 aliphatic carbocycles. The number of carbonyl (C=O) groups is 1. The van der Waals surface area contributed by atoms with Crippen LogP contribution < -0.4 is 15.5 Å². The van der Waals surface area contributed by atoms with Crippen LogP contribution in [0.4, 0.5) is 10.8 Å². The number of anilines is 2. The Bertz CT molecular complexity index is 1110. The highest BCUT2D eigenvalue weighted by molar-refractivity contribution is 7.17. The number of aromatic nitrogens is 3. The molecule has 3 aromatic rings. The molecule has 7 nitrogen and oxygen atoms in total. The molecule has 5 rings (SSSR count). The number of hydrogen-bond donors (Lipinski definition) is 2. The van der Waals surface area contributed by atoms with Crippen molar-refractivity contribution < 1.29 is 4.79 Å². The molecule has 1 aromatic carbocycles. The highest BCUT2D eigenvalue weighted by Crippen LogP contribution is 2.30. The SMILES string of the molecule is Cc1ccc(NCc2cccn2-c2nnc(N3CCC(C(=O)N[C@H]4CCCC[C@H]4C)CC3)s2)cc1. The van der Waals surface area contributed by atoms with Crippen molar-refractivity contribution in [1.29, 1.82) is 0 Å². The molecule has 2 atom stereocenters. The minimum absolute atomic E-state index is 0.108. The van der Waals surface area contributed by atoms with Gasteiger partial charge in [-0.2, -0.15) is 0 Å². The zero-order valence-corrected chi connectivity index (χ0v) is 21.6. The van der Waals surface area contributed by atoms with E-state index in [1.165, 1.54) is 24.8 Å². The van der Waals surface area contributed by atoms with Crippen molar-refractivity contribution in [3.8, 4) is 5.13 Å². The summed E-state index contributed by atoms with van der Waals surface area (Å²) in [5.74, 6) is 0.953. The monoisotopic (exact) mass is 492 g/mol. The Morgan fingerprint density at radius 2 is 1.77 bits per heavy atom. The van der Waals surface area contributed by atoms with Crippen LogP contribution in [0, 0.1) is 18.8 Å². The van der Waals surface area contributed by atoms with Crippen molar-refractivity contribution in [2.24, 2.45) is 11.8 Å². The van der Waals surface area contributed by atoms with Gasteiger partial charge in [0.25, 0.3) is 0 Å². The first-order valence-electron chi connectivity index (χ1n) is 12.9. The lowest BCUT2D eigenvalue weighted by Crippen LogP contribution is -2.46. The Hall–Kier alpha value is -2.87. The second-order valence-electron chi connectivity index (χ2n) is 10.1. The van der Waals surface area contributed by atoms with Gasteiger partial charge in [-0.05, 0) is 62.8 Å². The van der Waals surface area contributed by atoms with Crippen molar-refractivity contribution in [2.75, 3.05) is 23.3 Å². The standard InChI is InChI=1S/C27H36N6OS/c1-19-9-11-22(12-10-19)28-18-23-7-5-15-33(23)27-31-30-26(35-27)32-16-13-21(14-17-32)25(34)29-24-8-4-3-6-20(24)2/h5,7,9-12,15,20-21,24,28H,3-4,6,8,13-14,16-18H2,1-2H3,(H,29,34)/t20-,24+/m1/s1. The summed E-state index contributed by atoms with van der Waals surface area (Å²) >= 11 is 1.61. The topological polar surface area (TPSA) is 75.1 Å². The molecule has 2 aliphatic rings. The highest BCUT2D eigenvalue weighted by atomic mass is 32.1. The number of aryl methyl sites for hydroxylation is 1. The third-order valence-electron chi connectivity index (χ3n) is 7.54. The summed E-state index contributed by atoms with van der Waals surface area (Å²) in [5.41, 5.74) is 3.50. The molecular weight excluding hydrogens is 456 g/mol. The van der Waals surface area contributed by atoms with Gasteiger partial charge in [0, 0.05) is 42.6 Å². The molecule has 0 radical (unpaired) electrons. The zero-order valence-electron chi connectivity index (χ0n) is 20.7. The number of piperidine rings is 1. The van der Waals surface area contributed by atoms with Crippen LogP contribution >= 0.6 is 11.3 Å². The number of benzene rings is 1. The average Bonchev–Trinajstić information content (AvgIpc) is 3.55.